The molecule has 200 valence electrons. The van der Waals surface area contributed by atoms with E-state index in [0.717, 1.165) is 16.7 Å². The zero-order chi connectivity index (χ0) is 28.5. The van der Waals surface area contributed by atoms with Crippen molar-refractivity contribution in [3.8, 4) is 11.8 Å². The number of carbonyl (C=O) groups is 1. The van der Waals surface area contributed by atoms with Crippen LogP contribution in [-0.4, -0.2) is 33.3 Å². The molecule has 0 aliphatic rings. The highest BCUT2D eigenvalue weighted by atomic mass is 19.4. The van der Waals surface area contributed by atoms with E-state index in [0.29, 0.717) is 5.69 Å². The average Bonchev–Trinajstić information content (AvgIpc) is 2.87. The van der Waals surface area contributed by atoms with E-state index in [2.05, 4.69) is 15.3 Å². The average molecular weight is 537 g/mol. The molecule has 4 rings (SSSR count). The molecule has 0 aliphatic heterocycles. The quantitative estimate of drug-likeness (QED) is 0.351. The lowest BCUT2D eigenvalue weighted by Crippen LogP contribution is -2.34. The van der Waals surface area contributed by atoms with Crippen LogP contribution in [0.3, 0.4) is 0 Å². The molecular formula is C27H23F3N6O3. The van der Waals surface area contributed by atoms with E-state index in [1.54, 1.807) is 39.0 Å². The minimum atomic E-state index is -4.76. The highest BCUT2D eigenvalue weighted by Crippen LogP contribution is 2.34. The topological polar surface area (TPSA) is 113 Å². The number of anilines is 3. The molecule has 9 nitrogen and oxygen atoms in total. The van der Waals surface area contributed by atoms with E-state index in [-0.39, 0.29) is 33.8 Å². The summed E-state index contributed by atoms with van der Waals surface area (Å²) in [4.78, 5) is 35.1. The summed E-state index contributed by atoms with van der Waals surface area (Å²) in [6, 6.07) is 14.7. The van der Waals surface area contributed by atoms with Crippen LogP contribution in [0.15, 0.2) is 65.6 Å². The molecular weight excluding hydrogens is 513 g/mol. The SMILES string of the molecule is CN(C(=O)OC(C)(C)C)c1cc(Nc2c(C#N)c(=O)n(-c3ccccc3)c3nc(C(F)(F)F)ccc23)ccn1. The van der Waals surface area contributed by atoms with Crippen molar-refractivity contribution < 1.29 is 22.7 Å². The third-order valence-electron chi connectivity index (χ3n) is 5.47. The monoisotopic (exact) mass is 536 g/mol. The van der Waals surface area contributed by atoms with Crippen LogP contribution in [0.4, 0.5) is 35.2 Å². The Labute approximate surface area is 221 Å². The van der Waals surface area contributed by atoms with E-state index >= 15 is 0 Å². The zero-order valence-corrected chi connectivity index (χ0v) is 21.4. The number of hydrogen-bond acceptors (Lipinski definition) is 7. The summed E-state index contributed by atoms with van der Waals surface area (Å²) in [5, 5.41) is 13.0. The summed E-state index contributed by atoms with van der Waals surface area (Å²) in [7, 11) is 1.46. The van der Waals surface area contributed by atoms with Gasteiger partial charge >= 0.3 is 12.3 Å². The highest BCUT2D eigenvalue weighted by Gasteiger charge is 2.33. The fourth-order valence-electron chi connectivity index (χ4n) is 3.72. The second-order valence-corrected chi connectivity index (χ2v) is 9.47. The molecule has 0 unspecified atom stereocenters. The Morgan fingerprint density at radius 2 is 1.79 bits per heavy atom. The van der Waals surface area contributed by atoms with Crippen molar-refractivity contribution in [2.75, 3.05) is 17.3 Å². The fraction of sp³-hybridized carbons (Fsp3) is 0.222. The Hall–Kier alpha value is -4.92. The van der Waals surface area contributed by atoms with Gasteiger partial charge in [-0.3, -0.25) is 14.3 Å². The van der Waals surface area contributed by atoms with Gasteiger partial charge in [-0.1, -0.05) is 18.2 Å². The van der Waals surface area contributed by atoms with Crippen molar-refractivity contribution in [1.29, 1.82) is 5.26 Å². The molecule has 3 heterocycles. The Kier molecular flexibility index (Phi) is 7.02. The molecule has 1 aromatic carbocycles. The van der Waals surface area contributed by atoms with E-state index in [1.807, 2.05) is 6.07 Å². The normalized spacial score (nSPS) is 11.6. The van der Waals surface area contributed by atoms with Gasteiger partial charge in [0.05, 0.1) is 11.4 Å². The van der Waals surface area contributed by atoms with Crippen LogP contribution in [0, 0.1) is 11.3 Å². The lowest BCUT2D eigenvalue weighted by atomic mass is 10.1. The van der Waals surface area contributed by atoms with Crippen LogP contribution in [0.25, 0.3) is 16.7 Å². The van der Waals surface area contributed by atoms with Crippen molar-refractivity contribution in [2.45, 2.75) is 32.5 Å². The number of para-hydroxylation sites is 1. The standard InChI is InChI=1S/C27H23F3N6O3/c1-26(2,3)39-25(38)35(4)21-14-16(12-13-32-21)33-22-18-10-11-20(27(28,29)30)34-23(18)36(24(37)19(22)15-31)17-8-6-5-7-9-17/h5-14H,1-4H3,(H,32,33). The largest absolute Gasteiger partial charge is 0.443 e. The van der Waals surface area contributed by atoms with E-state index < -0.39 is 29.1 Å². The minimum absolute atomic E-state index is 0.0389. The first kappa shape index (κ1) is 27.1. The minimum Gasteiger partial charge on any atom is -0.443 e. The number of hydrogen-bond donors (Lipinski definition) is 1. The molecule has 0 aliphatic carbocycles. The third kappa shape index (κ3) is 5.67. The summed E-state index contributed by atoms with van der Waals surface area (Å²) in [5.74, 6) is 0.187. The number of carbonyl (C=O) groups excluding carboxylic acids is 1. The number of pyridine rings is 3. The number of aromatic nitrogens is 3. The van der Waals surface area contributed by atoms with Crippen molar-refractivity contribution in [1.82, 2.24) is 14.5 Å². The molecule has 0 fully saturated rings. The van der Waals surface area contributed by atoms with Crippen molar-refractivity contribution in [3.05, 3.63) is 82.4 Å². The van der Waals surface area contributed by atoms with Gasteiger partial charge in [-0.2, -0.15) is 18.4 Å². The van der Waals surface area contributed by atoms with Crippen molar-refractivity contribution >= 4 is 34.3 Å². The molecule has 3 aromatic heterocycles. The molecule has 39 heavy (non-hydrogen) atoms. The molecule has 0 radical (unpaired) electrons. The first-order chi connectivity index (χ1) is 18.3. The maximum Gasteiger partial charge on any atom is 0.433 e. The number of rotatable bonds is 4. The van der Waals surface area contributed by atoms with Crippen molar-refractivity contribution in [3.63, 3.8) is 0 Å². The van der Waals surface area contributed by atoms with Gasteiger partial charge in [-0.25, -0.2) is 14.8 Å². The predicted molar refractivity (Wildman–Crippen MR) is 139 cm³/mol. The summed E-state index contributed by atoms with van der Waals surface area (Å²) in [5.41, 5.74) is -2.91. The number of benzene rings is 1. The number of amides is 1. The number of halogens is 3. The van der Waals surface area contributed by atoms with Crippen LogP contribution in [0.1, 0.15) is 32.0 Å². The number of alkyl halides is 3. The van der Waals surface area contributed by atoms with Gasteiger partial charge in [0.2, 0.25) is 0 Å². The van der Waals surface area contributed by atoms with Gasteiger partial charge in [-0.05, 0) is 51.1 Å². The number of nitrogens with zero attached hydrogens (tertiary/aromatic N) is 5. The highest BCUT2D eigenvalue weighted by molar-refractivity contribution is 5.95. The number of nitriles is 1. The molecule has 0 saturated carbocycles. The van der Waals surface area contributed by atoms with Gasteiger partial charge in [0.25, 0.3) is 5.56 Å². The Balaban J connectivity index is 1.89. The molecule has 0 spiro atoms. The first-order valence-corrected chi connectivity index (χ1v) is 11.6. The smallest absolute Gasteiger partial charge is 0.433 e. The lowest BCUT2D eigenvalue weighted by Gasteiger charge is -2.24. The Morgan fingerprint density at radius 3 is 2.41 bits per heavy atom. The van der Waals surface area contributed by atoms with E-state index in [9.17, 15) is 28.0 Å². The van der Waals surface area contributed by atoms with Crippen LogP contribution in [0.2, 0.25) is 0 Å². The van der Waals surface area contributed by atoms with Crippen LogP contribution >= 0.6 is 0 Å². The number of fused-ring (bicyclic) bond motifs is 1. The second-order valence-electron chi connectivity index (χ2n) is 9.47. The molecule has 0 saturated heterocycles. The fourth-order valence-corrected chi connectivity index (χ4v) is 3.72. The number of nitrogens with one attached hydrogen (secondary N) is 1. The van der Waals surface area contributed by atoms with Crippen LogP contribution < -0.4 is 15.8 Å². The van der Waals surface area contributed by atoms with Crippen molar-refractivity contribution in [2.24, 2.45) is 0 Å². The molecule has 1 amide bonds. The van der Waals surface area contributed by atoms with Gasteiger partial charge in [0.1, 0.15) is 34.4 Å². The lowest BCUT2D eigenvalue weighted by molar-refractivity contribution is -0.141. The first-order valence-electron chi connectivity index (χ1n) is 11.6. The maximum absolute atomic E-state index is 13.6. The van der Waals surface area contributed by atoms with E-state index in [1.165, 1.54) is 42.4 Å². The molecule has 4 aromatic rings. The molecule has 0 bridgehead atoms. The molecule has 0 atom stereocenters. The van der Waals surface area contributed by atoms with Gasteiger partial charge in [0, 0.05) is 30.4 Å². The second kappa shape index (κ2) is 10.1. The van der Waals surface area contributed by atoms with Crippen LogP contribution in [0.5, 0.6) is 0 Å². The Morgan fingerprint density at radius 1 is 1.10 bits per heavy atom. The Bertz CT molecular complexity index is 1650. The number of ether oxygens (including phenoxy) is 1. The van der Waals surface area contributed by atoms with Gasteiger partial charge < -0.3 is 10.1 Å². The third-order valence-corrected chi connectivity index (χ3v) is 5.47. The zero-order valence-electron chi connectivity index (χ0n) is 21.4. The summed E-state index contributed by atoms with van der Waals surface area (Å²) in [6.45, 7) is 5.15. The molecule has 12 heteroatoms. The summed E-state index contributed by atoms with van der Waals surface area (Å²) >= 11 is 0. The van der Waals surface area contributed by atoms with E-state index in [4.69, 9.17) is 4.74 Å². The maximum atomic E-state index is 13.6. The summed E-state index contributed by atoms with van der Waals surface area (Å²) < 4.78 is 47.0. The summed E-state index contributed by atoms with van der Waals surface area (Å²) in [6.07, 6.45) is -4.04. The molecule has 1 N–H and O–H groups in total. The van der Waals surface area contributed by atoms with Crippen LogP contribution in [-0.2, 0) is 10.9 Å². The van der Waals surface area contributed by atoms with Gasteiger partial charge in [0.15, 0.2) is 0 Å². The van der Waals surface area contributed by atoms with Gasteiger partial charge in [-0.15, -0.1) is 0 Å². The predicted octanol–water partition coefficient (Wildman–Crippen LogP) is 5.79.